The summed E-state index contributed by atoms with van der Waals surface area (Å²) < 4.78 is 16.2. The van der Waals surface area contributed by atoms with Gasteiger partial charge in [-0.3, -0.25) is 14.4 Å². The number of carbonyl (C=O) groups is 4. The van der Waals surface area contributed by atoms with Crippen LogP contribution in [0.1, 0.15) is 58.1 Å². The molecule has 1 aromatic heterocycles. The van der Waals surface area contributed by atoms with Crippen molar-refractivity contribution in [3.05, 3.63) is 40.7 Å². The maximum Gasteiger partial charge on any atom is 0.442 e. The molecule has 1 saturated heterocycles. The number of amides is 3. The van der Waals surface area contributed by atoms with Gasteiger partial charge in [0.15, 0.2) is 0 Å². The Bertz CT molecular complexity index is 1270. The van der Waals surface area contributed by atoms with Crippen molar-refractivity contribution in [2.75, 3.05) is 20.3 Å². The van der Waals surface area contributed by atoms with E-state index in [1.807, 2.05) is 6.92 Å². The fourth-order valence-corrected chi connectivity index (χ4v) is 4.49. The number of hydrogen-bond acceptors (Lipinski definition) is 9. The topological polar surface area (TPSA) is 162 Å². The second kappa shape index (κ2) is 13.3. The molecule has 1 aliphatic heterocycles. The van der Waals surface area contributed by atoms with Gasteiger partial charge in [-0.25, -0.2) is 9.59 Å². The number of nitrogens with one attached hydrogen (secondary N) is 2. The van der Waals surface area contributed by atoms with Gasteiger partial charge in [0.2, 0.25) is 17.6 Å². The molecule has 0 aliphatic carbocycles. The summed E-state index contributed by atoms with van der Waals surface area (Å²) in [6.45, 7) is 9.68. The molecule has 3 rings (SSSR count). The lowest BCUT2D eigenvalue weighted by molar-refractivity contribution is -0.141. The van der Waals surface area contributed by atoms with Gasteiger partial charge in [-0.05, 0) is 55.9 Å². The van der Waals surface area contributed by atoms with E-state index in [1.54, 1.807) is 52.0 Å². The molecule has 0 spiro atoms. The van der Waals surface area contributed by atoms with E-state index in [4.69, 9.17) is 9.15 Å². The minimum Gasteiger partial charge on any atom is -0.494 e. The number of alkyl carbamates (subject to hydrolysis) is 1. The Kier molecular flexibility index (Phi) is 10.1. The third-order valence-corrected chi connectivity index (χ3v) is 6.63. The summed E-state index contributed by atoms with van der Waals surface area (Å²) in [5.74, 6) is -2.93. The highest BCUT2D eigenvalue weighted by atomic mass is 16.5. The third-order valence-electron chi connectivity index (χ3n) is 6.63. The van der Waals surface area contributed by atoms with Crippen LogP contribution in [0.15, 0.2) is 33.5 Å². The maximum atomic E-state index is 13.4. The molecule has 40 heavy (non-hydrogen) atoms. The van der Waals surface area contributed by atoms with Gasteiger partial charge < -0.3 is 29.4 Å². The van der Waals surface area contributed by atoms with E-state index >= 15 is 0 Å². The molecule has 3 atom stereocenters. The molecule has 3 amide bonds. The van der Waals surface area contributed by atoms with Crippen LogP contribution in [0.4, 0.5) is 4.79 Å². The second-order valence-corrected chi connectivity index (χ2v) is 10.2. The number of likely N-dealkylation sites (tertiary alicyclic amines) is 1. The van der Waals surface area contributed by atoms with E-state index in [1.165, 1.54) is 12.0 Å². The number of nitrogens with zero attached hydrogens (tertiary/aromatic N) is 3. The first-order chi connectivity index (χ1) is 19.0. The quantitative estimate of drug-likeness (QED) is 0.392. The van der Waals surface area contributed by atoms with Crippen LogP contribution in [0.3, 0.4) is 0 Å². The van der Waals surface area contributed by atoms with E-state index in [9.17, 15) is 24.0 Å². The number of Topliss-reactive ketones (excluding diaryl/α,β-unsaturated/α-hetero) is 1. The molecule has 13 nitrogen and oxygen atoms in total. The van der Waals surface area contributed by atoms with E-state index in [2.05, 4.69) is 20.5 Å². The molecule has 2 heterocycles. The first kappa shape index (κ1) is 30.4. The van der Waals surface area contributed by atoms with Crippen LogP contribution in [-0.2, 0) is 14.3 Å². The minimum atomic E-state index is -1.06. The number of ether oxygens (including phenoxy) is 2. The SMILES string of the molecule is CCOc1ccc(-n2nc(C(=O)[C@@H](NC(=O)[C@@H]3CCCN3C(=O)[C@@H](NC(=O)OC)C(C)C)C(C)C)oc2=O)cc1. The summed E-state index contributed by atoms with van der Waals surface area (Å²) in [6, 6.07) is 3.76. The Morgan fingerprint density at radius 3 is 2.27 bits per heavy atom. The van der Waals surface area contributed by atoms with Gasteiger partial charge in [0.1, 0.15) is 17.8 Å². The summed E-state index contributed by atoms with van der Waals surface area (Å²) in [6.07, 6.45) is 0.221. The molecular formula is C27H37N5O8. The standard InChI is InChI=1S/C27H37N5O8/c1-7-39-18-12-10-17(11-13-18)32-27(37)40-24(30-32)22(33)20(15(2)3)28-23(34)19-9-8-14-31(19)25(35)21(16(4)5)29-26(36)38-6/h10-13,15-16,19-21H,7-9,14H2,1-6H3,(H,28,34)(H,29,36)/t19-,20-,21-/m0/s1. The monoisotopic (exact) mass is 559 g/mol. The van der Waals surface area contributed by atoms with Crippen molar-refractivity contribution in [3.8, 4) is 11.4 Å². The summed E-state index contributed by atoms with van der Waals surface area (Å²) in [5, 5.41) is 9.33. The van der Waals surface area contributed by atoms with Gasteiger partial charge in [0.25, 0.3) is 5.89 Å². The lowest BCUT2D eigenvalue weighted by Gasteiger charge is -2.31. The number of carbonyl (C=O) groups excluding carboxylic acids is 4. The van der Waals surface area contributed by atoms with E-state index in [-0.39, 0.29) is 11.8 Å². The zero-order valence-electron chi connectivity index (χ0n) is 23.6. The molecule has 1 aromatic carbocycles. The molecule has 0 bridgehead atoms. The number of hydrogen-bond donors (Lipinski definition) is 2. The van der Waals surface area contributed by atoms with E-state index in [0.29, 0.717) is 37.4 Å². The van der Waals surface area contributed by atoms with Gasteiger partial charge >= 0.3 is 11.8 Å². The van der Waals surface area contributed by atoms with Crippen molar-refractivity contribution >= 4 is 23.7 Å². The Labute approximate surface area is 232 Å². The molecule has 2 aromatic rings. The molecule has 13 heteroatoms. The molecule has 0 unspecified atom stereocenters. The Morgan fingerprint density at radius 2 is 1.70 bits per heavy atom. The number of rotatable bonds is 11. The van der Waals surface area contributed by atoms with Crippen LogP contribution < -0.4 is 21.1 Å². The van der Waals surface area contributed by atoms with Gasteiger partial charge in [-0.1, -0.05) is 27.7 Å². The Morgan fingerprint density at radius 1 is 1.05 bits per heavy atom. The van der Waals surface area contributed by atoms with Crippen LogP contribution in [0.25, 0.3) is 5.69 Å². The number of benzene rings is 1. The predicted octanol–water partition coefficient (Wildman–Crippen LogP) is 1.92. The molecule has 1 aliphatic rings. The number of aromatic nitrogens is 2. The number of ketones is 1. The van der Waals surface area contributed by atoms with Crippen molar-refractivity contribution < 1.29 is 33.1 Å². The predicted molar refractivity (Wildman–Crippen MR) is 143 cm³/mol. The van der Waals surface area contributed by atoms with E-state index < -0.39 is 53.5 Å². The van der Waals surface area contributed by atoms with Crippen LogP contribution in [0.5, 0.6) is 5.75 Å². The highest BCUT2D eigenvalue weighted by Crippen LogP contribution is 2.22. The molecule has 0 radical (unpaired) electrons. The van der Waals surface area contributed by atoms with Crippen molar-refractivity contribution in [1.29, 1.82) is 0 Å². The van der Waals surface area contributed by atoms with E-state index in [0.717, 1.165) is 4.68 Å². The highest BCUT2D eigenvalue weighted by Gasteiger charge is 2.40. The largest absolute Gasteiger partial charge is 0.494 e. The Balaban J connectivity index is 1.77. The van der Waals surface area contributed by atoms with Crippen molar-refractivity contribution in [1.82, 2.24) is 25.3 Å². The average molecular weight is 560 g/mol. The summed E-state index contributed by atoms with van der Waals surface area (Å²) in [4.78, 5) is 65.7. The molecule has 218 valence electrons. The van der Waals surface area contributed by atoms with Crippen molar-refractivity contribution in [2.24, 2.45) is 11.8 Å². The minimum absolute atomic E-state index is 0.255. The highest BCUT2D eigenvalue weighted by molar-refractivity contribution is 6.00. The lowest BCUT2D eigenvalue weighted by atomic mass is 9.98. The van der Waals surface area contributed by atoms with Gasteiger partial charge in [-0.15, -0.1) is 5.10 Å². The first-order valence-corrected chi connectivity index (χ1v) is 13.3. The van der Waals surface area contributed by atoms with Crippen LogP contribution in [0.2, 0.25) is 0 Å². The summed E-state index contributed by atoms with van der Waals surface area (Å²) in [5.41, 5.74) is 0.377. The van der Waals surface area contributed by atoms with Crippen LogP contribution >= 0.6 is 0 Å². The molecule has 0 saturated carbocycles. The second-order valence-electron chi connectivity index (χ2n) is 10.2. The molecular weight excluding hydrogens is 522 g/mol. The third kappa shape index (κ3) is 6.88. The summed E-state index contributed by atoms with van der Waals surface area (Å²) >= 11 is 0. The first-order valence-electron chi connectivity index (χ1n) is 13.3. The molecule has 2 N–H and O–H groups in total. The number of methoxy groups -OCH3 is 1. The van der Waals surface area contributed by atoms with Crippen LogP contribution in [0, 0.1) is 11.8 Å². The fraction of sp³-hybridized carbons (Fsp3) is 0.556. The normalized spacial score (nSPS) is 16.5. The lowest BCUT2D eigenvalue weighted by Crippen LogP contribution is -2.57. The summed E-state index contributed by atoms with van der Waals surface area (Å²) in [7, 11) is 1.20. The fourth-order valence-electron chi connectivity index (χ4n) is 4.49. The Hall–Kier alpha value is -4.16. The van der Waals surface area contributed by atoms with Crippen molar-refractivity contribution in [2.45, 2.75) is 65.6 Å². The maximum absolute atomic E-state index is 13.4. The molecule has 1 fully saturated rings. The smallest absolute Gasteiger partial charge is 0.442 e. The zero-order valence-corrected chi connectivity index (χ0v) is 23.6. The van der Waals surface area contributed by atoms with Gasteiger partial charge in [0.05, 0.1) is 25.4 Å². The van der Waals surface area contributed by atoms with Crippen LogP contribution in [-0.4, -0.2) is 76.8 Å². The average Bonchev–Trinajstić information content (AvgIpc) is 3.57. The van der Waals surface area contributed by atoms with Gasteiger partial charge in [0, 0.05) is 6.54 Å². The zero-order chi connectivity index (χ0) is 29.6. The van der Waals surface area contributed by atoms with Gasteiger partial charge in [-0.2, -0.15) is 4.68 Å². The van der Waals surface area contributed by atoms with Crippen molar-refractivity contribution in [3.63, 3.8) is 0 Å².